The van der Waals surface area contributed by atoms with Crippen molar-refractivity contribution in [1.29, 1.82) is 0 Å². The maximum absolute atomic E-state index is 16.7. The minimum absolute atomic E-state index is 0.0527. The predicted octanol–water partition coefficient (Wildman–Crippen LogP) is 3.29. The van der Waals surface area contributed by atoms with Crippen LogP contribution in [0.3, 0.4) is 0 Å². The molecule has 0 aromatic heterocycles. The topological polar surface area (TPSA) is 137 Å². The summed E-state index contributed by atoms with van der Waals surface area (Å²) in [5, 5.41) is 10.1. The molecule has 0 unspecified atom stereocenters. The lowest BCUT2D eigenvalue weighted by Gasteiger charge is -2.23. The SMILES string of the molecule is CCN(C)C[C@H](O)CC(=O)OCN1C(=O)[C@@](F)(c2cc(Cl)ccc2OC)c2ccc(C(F)(F)F)cc21.CS(=O)(=O)[O-]. The fraction of sp³-hybridized carbons (Fsp3) is 0.440. The Balaban J connectivity index is 0.00000108. The number of carbonyl (C=O) groups excluding carboxylic acids is 2. The summed E-state index contributed by atoms with van der Waals surface area (Å²) in [6.07, 6.45) is -5.67. The second-order valence-electron chi connectivity index (χ2n) is 9.03. The Morgan fingerprint density at radius 2 is 1.83 bits per heavy atom. The van der Waals surface area contributed by atoms with Gasteiger partial charge in [0.2, 0.25) is 5.67 Å². The van der Waals surface area contributed by atoms with E-state index in [9.17, 15) is 27.9 Å². The summed E-state index contributed by atoms with van der Waals surface area (Å²) in [4.78, 5) is 28.0. The zero-order valence-electron chi connectivity index (χ0n) is 22.4. The first-order chi connectivity index (χ1) is 18.8. The lowest BCUT2D eigenvalue weighted by molar-refractivity contribution is -0.147. The minimum atomic E-state index is -4.77. The van der Waals surface area contributed by atoms with E-state index >= 15 is 4.39 Å². The standard InChI is InChI=1S/C24H25ClF4N2O5.CH4O3S/c1-4-30(2)12-16(32)11-21(33)36-13-31-19-9-14(24(27,28)29)5-7-17(19)23(26,22(31)34)18-10-15(25)6-8-20(18)35-3;1-5(2,3)4/h5-10,16,32H,4,11-13H2,1-3H3;1H3,(H,2,3,4)/p-1/t16-,23+;/m1./s1. The highest BCUT2D eigenvalue weighted by Gasteiger charge is 2.55. The van der Waals surface area contributed by atoms with Crippen LogP contribution in [0.4, 0.5) is 23.2 Å². The molecule has 2 aromatic carbocycles. The summed E-state index contributed by atoms with van der Waals surface area (Å²) < 4.78 is 94.3. The third-order valence-corrected chi connectivity index (χ3v) is 6.11. The Bertz CT molecular complexity index is 1370. The van der Waals surface area contributed by atoms with Gasteiger partial charge in [-0.05, 0) is 43.9 Å². The molecular weight excluding hydrogens is 600 g/mol. The zero-order chi connectivity index (χ0) is 31.3. The van der Waals surface area contributed by atoms with Crippen LogP contribution in [0.25, 0.3) is 0 Å². The van der Waals surface area contributed by atoms with Crippen LogP contribution >= 0.6 is 11.6 Å². The molecule has 1 N–H and O–H groups in total. The number of aliphatic hydroxyl groups excluding tert-OH is 1. The molecule has 10 nitrogen and oxygen atoms in total. The molecular formula is C25H28ClF4N2O8S-. The van der Waals surface area contributed by atoms with Crippen LogP contribution in [0, 0.1) is 0 Å². The van der Waals surface area contributed by atoms with Gasteiger partial charge in [-0.15, -0.1) is 0 Å². The van der Waals surface area contributed by atoms with Crippen LogP contribution in [-0.2, 0) is 36.3 Å². The molecule has 1 heterocycles. The molecule has 0 saturated heterocycles. The Morgan fingerprint density at radius 1 is 1.22 bits per heavy atom. The molecule has 0 spiro atoms. The number of hydrogen-bond acceptors (Lipinski definition) is 9. The molecule has 41 heavy (non-hydrogen) atoms. The van der Waals surface area contributed by atoms with E-state index in [0.717, 1.165) is 12.1 Å². The van der Waals surface area contributed by atoms with E-state index in [1.165, 1.54) is 19.2 Å². The van der Waals surface area contributed by atoms with Crippen LogP contribution in [0.2, 0.25) is 5.02 Å². The molecule has 228 valence electrons. The molecule has 0 aliphatic carbocycles. The molecule has 0 bridgehead atoms. The number of rotatable bonds is 9. The van der Waals surface area contributed by atoms with Crippen molar-refractivity contribution in [3.8, 4) is 5.75 Å². The highest BCUT2D eigenvalue weighted by Crippen LogP contribution is 2.51. The average Bonchev–Trinajstić information content (AvgIpc) is 3.07. The number of ether oxygens (including phenoxy) is 2. The highest BCUT2D eigenvalue weighted by atomic mass is 35.5. The fourth-order valence-corrected chi connectivity index (χ4v) is 4.08. The van der Waals surface area contributed by atoms with Crippen molar-refractivity contribution < 1.29 is 54.7 Å². The number of methoxy groups -OCH3 is 1. The highest BCUT2D eigenvalue weighted by molar-refractivity contribution is 7.84. The quantitative estimate of drug-likeness (QED) is 0.252. The first-order valence-corrected chi connectivity index (χ1v) is 14.0. The van der Waals surface area contributed by atoms with E-state index in [-0.39, 0.29) is 28.4 Å². The van der Waals surface area contributed by atoms with E-state index in [1.54, 1.807) is 11.9 Å². The van der Waals surface area contributed by atoms with Gasteiger partial charge >= 0.3 is 12.1 Å². The summed E-state index contributed by atoms with van der Waals surface area (Å²) in [5.41, 5.74) is -5.20. The summed E-state index contributed by atoms with van der Waals surface area (Å²) in [6, 6.07) is 6.02. The van der Waals surface area contributed by atoms with Gasteiger partial charge in [0, 0.05) is 29.0 Å². The molecule has 3 rings (SSSR count). The smallest absolute Gasteiger partial charge is 0.416 e. The summed E-state index contributed by atoms with van der Waals surface area (Å²) in [6.45, 7) is 1.79. The number of anilines is 1. The van der Waals surface area contributed by atoms with Crippen LogP contribution in [-0.4, -0.2) is 81.2 Å². The number of likely N-dealkylation sites (N-methyl/N-ethyl adjacent to an activating group) is 1. The largest absolute Gasteiger partial charge is 0.748 e. The van der Waals surface area contributed by atoms with Crippen molar-refractivity contribution in [2.45, 2.75) is 31.3 Å². The maximum Gasteiger partial charge on any atom is 0.416 e. The number of hydrogen-bond donors (Lipinski definition) is 1. The lowest BCUT2D eigenvalue weighted by Crippen LogP contribution is -2.40. The van der Waals surface area contributed by atoms with Gasteiger partial charge in [0.05, 0.1) is 41.0 Å². The fourth-order valence-electron chi connectivity index (χ4n) is 3.91. The molecule has 0 fully saturated rings. The molecule has 0 saturated carbocycles. The molecule has 0 radical (unpaired) electrons. The third kappa shape index (κ3) is 8.75. The number of carbonyl (C=O) groups is 2. The second kappa shape index (κ2) is 13.3. The number of esters is 1. The van der Waals surface area contributed by atoms with Crippen LogP contribution in [0.15, 0.2) is 36.4 Å². The summed E-state index contributed by atoms with van der Waals surface area (Å²) in [5.74, 6) is -2.25. The number of fused-ring (bicyclic) bond motifs is 1. The van der Waals surface area contributed by atoms with E-state index in [4.69, 9.17) is 34.0 Å². The Labute approximate surface area is 239 Å². The number of nitrogens with zero attached hydrogens (tertiary/aromatic N) is 2. The number of amides is 1. The van der Waals surface area contributed by atoms with Crippen molar-refractivity contribution in [2.24, 2.45) is 0 Å². The van der Waals surface area contributed by atoms with Crippen LogP contribution in [0.5, 0.6) is 5.75 Å². The van der Waals surface area contributed by atoms with Crippen molar-refractivity contribution in [3.05, 3.63) is 58.1 Å². The van der Waals surface area contributed by atoms with Gasteiger partial charge in [0.1, 0.15) is 5.75 Å². The molecule has 1 amide bonds. The molecule has 2 atom stereocenters. The Morgan fingerprint density at radius 3 is 2.37 bits per heavy atom. The number of alkyl halides is 4. The van der Waals surface area contributed by atoms with Crippen LogP contribution < -0.4 is 9.64 Å². The Kier molecular flexibility index (Phi) is 11.1. The van der Waals surface area contributed by atoms with E-state index in [1.807, 2.05) is 6.92 Å². The van der Waals surface area contributed by atoms with Crippen molar-refractivity contribution in [3.63, 3.8) is 0 Å². The molecule has 2 aromatic rings. The normalized spacial score (nSPS) is 17.6. The molecule has 1 aliphatic heterocycles. The molecule has 1 aliphatic rings. The number of benzene rings is 2. The minimum Gasteiger partial charge on any atom is -0.748 e. The van der Waals surface area contributed by atoms with E-state index in [0.29, 0.717) is 29.8 Å². The van der Waals surface area contributed by atoms with Gasteiger partial charge < -0.3 is 24.0 Å². The first kappa shape index (κ1) is 34.2. The van der Waals surface area contributed by atoms with Gasteiger partial charge in [0.15, 0.2) is 6.73 Å². The number of aliphatic hydroxyl groups is 1. The van der Waals surface area contributed by atoms with E-state index in [2.05, 4.69) is 0 Å². The zero-order valence-corrected chi connectivity index (χ0v) is 23.9. The van der Waals surface area contributed by atoms with Gasteiger partial charge in [-0.2, -0.15) is 13.2 Å². The van der Waals surface area contributed by atoms with Crippen LogP contribution in [0.1, 0.15) is 30.0 Å². The van der Waals surface area contributed by atoms with Crippen molar-refractivity contribution in [2.75, 3.05) is 45.1 Å². The molecule has 16 heteroatoms. The maximum atomic E-state index is 16.7. The summed E-state index contributed by atoms with van der Waals surface area (Å²) in [7, 11) is -0.943. The third-order valence-electron chi connectivity index (χ3n) is 5.88. The van der Waals surface area contributed by atoms with Gasteiger partial charge in [0.25, 0.3) is 5.91 Å². The van der Waals surface area contributed by atoms with Gasteiger partial charge in [-0.1, -0.05) is 24.6 Å². The van der Waals surface area contributed by atoms with Crippen molar-refractivity contribution >= 4 is 39.3 Å². The monoisotopic (exact) mass is 627 g/mol. The first-order valence-electron chi connectivity index (χ1n) is 11.8. The Hall–Kier alpha value is -2.98. The average molecular weight is 628 g/mol. The van der Waals surface area contributed by atoms with Gasteiger partial charge in [-0.25, -0.2) is 12.8 Å². The van der Waals surface area contributed by atoms with Gasteiger partial charge in [-0.3, -0.25) is 14.5 Å². The van der Waals surface area contributed by atoms with E-state index < -0.39 is 64.3 Å². The number of halogens is 5. The lowest BCUT2D eigenvalue weighted by atomic mass is 9.88. The predicted molar refractivity (Wildman–Crippen MR) is 139 cm³/mol. The summed E-state index contributed by atoms with van der Waals surface area (Å²) >= 11 is 6.02. The second-order valence-corrected chi connectivity index (χ2v) is 10.9. The van der Waals surface area contributed by atoms with Crippen molar-refractivity contribution in [1.82, 2.24) is 4.90 Å².